The van der Waals surface area contributed by atoms with E-state index >= 15 is 0 Å². The van der Waals surface area contributed by atoms with E-state index < -0.39 is 21.0 Å². The number of hydrogen-bond donors (Lipinski definition) is 1. The Balaban J connectivity index is 2.35. The van der Waals surface area contributed by atoms with Crippen LogP contribution in [0.5, 0.6) is 0 Å². The van der Waals surface area contributed by atoms with Crippen molar-refractivity contribution in [3.05, 3.63) is 0 Å². The van der Waals surface area contributed by atoms with Gasteiger partial charge in [-0.15, -0.1) is 11.6 Å². The summed E-state index contributed by atoms with van der Waals surface area (Å²) >= 11 is 5.21. The lowest BCUT2D eigenvalue weighted by atomic mass is 10.4. The van der Waals surface area contributed by atoms with Crippen molar-refractivity contribution >= 4 is 21.6 Å². The van der Waals surface area contributed by atoms with E-state index in [1.54, 1.807) is 13.8 Å². The summed E-state index contributed by atoms with van der Waals surface area (Å²) in [7, 11) is -3.36. The second-order valence-corrected chi connectivity index (χ2v) is 5.91. The first-order chi connectivity index (χ1) is 6.35. The van der Waals surface area contributed by atoms with Crippen LogP contribution in [0, 0.1) is 0 Å². The lowest BCUT2D eigenvalue weighted by molar-refractivity contribution is -0.137. The fourth-order valence-electron chi connectivity index (χ4n) is 1.12. The van der Waals surface area contributed by atoms with Crippen molar-refractivity contribution in [2.75, 3.05) is 18.4 Å². The van der Waals surface area contributed by atoms with Crippen LogP contribution in [0.4, 0.5) is 0 Å². The molecule has 1 rings (SSSR count). The van der Waals surface area contributed by atoms with Gasteiger partial charge in [-0.3, -0.25) is 0 Å². The van der Waals surface area contributed by atoms with Gasteiger partial charge in [-0.2, -0.15) is 0 Å². The molecule has 84 valence electrons. The highest BCUT2D eigenvalue weighted by molar-refractivity contribution is 7.90. The molecule has 1 aliphatic rings. The van der Waals surface area contributed by atoms with Crippen LogP contribution in [0.1, 0.15) is 13.8 Å². The van der Waals surface area contributed by atoms with E-state index in [-0.39, 0.29) is 12.6 Å². The van der Waals surface area contributed by atoms with Gasteiger partial charge in [0.25, 0.3) is 0 Å². The summed E-state index contributed by atoms with van der Waals surface area (Å²) < 4.78 is 34.9. The summed E-state index contributed by atoms with van der Waals surface area (Å²) in [6.45, 7) is 4.14. The maximum Gasteiger partial charge on any atom is 0.225 e. The van der Waals surface area contributed by atoms with Crippen molar-refractivity contribution in [1.82, 2.24) is 4.72 Å². The first kappa shape index (κ1) is 12.2. The Kier molecular flexibility index (Phi) is 3.76. The van der Waals surface area contributed by atoms with Gasteiger partial charge in [-0.1, -0.05) is 0 Å². The summed E-state index contributed by atoms with van der Waals surface area (Å²) in [4.78, 5) is 0. The number of nitrogens with one attached hydrogen (secondary N) is 1. The van der Waals surface area contributed by atoms with Gasteiger partial charge in [0, 0.05) is 6.54 Å². The predicted molar refractivity (Wildman–Crippen MR) is 52.5 cm³/mol. The summed E-state index contributed by atoms with van der Waals surface area (Å²) in [5, 5.41) is -0.441. The van der Waals surface area contributed by atoms with E-state index in [9.17, 15) is 8.42 Å². The van der Waals surface area contributed by atoms with Crippen LogP contribution in [0.25, 0.3) is 0 Å². The summed E-state index contributed by atoms with van der Waals surface area (Å²) in [6.07, 6.45) is -0.247. The number of rotatable bonds is 4. The van der Waals surface area contributed by atoms with Crippen LogP contribution in [0.15, 0.2) is 0 Å². The maximum absolute atomic E-state index is 11.0. The van der Waals surface area contributed by atoms with Crippen molar-refractivity contribution in [2.45, 2.75) is 25.7 Å². The number of hydrogen-bond acceptors (Lipinski definition) is 4. The van der Waals surface area contributed by atoms with E-state index in [4.69, 9.17) is 21.1 Å². The van der Waals surface area contributed by atoms with E-state index in [0.717, 1.165) is 0 Å². The Bertz CT molecular complexity index is 290. The zero-order chi connectivity index (χ0) is 10.8. The zero-order valence-corrected chi connectivity index (χ0v) is 9.69. The van der Waals surface area contributed by atoms with E-state index in [1.807, 2.05) is 0 Å². The Morgan fingerprint density at radius 1 is 1.57 bits per heavy atom. The van der Waals surface area contributed by atoms with E-state index in [2.05, 4.69) is 4.72 Å². The van der Waals surface area contributed by atoms with Crippen LogP contribution in [-0.4, -0.2) is 38.7 Å². The van der Waals surface area contributed by atoms with Gasteiger partial charge in [-0.25, -0.2) is 13.1 Å². The molecule has 1 unspecified atom stereocenters. The molecule has 1 atom stereocenters. The molecule has 1 heterocycles. The molecule has 1 aliphatic heterocycles. The maximum atomic E-state index is 11.0. The molecule has 0 aromatic rings. The molecule has 0 amide bonds. The Morgan fingerprint density at radius 3 is 2.64 bits per heavy atom. The van der Waals surface area contributed by atoms with Crippen molar-refractivity contribution < 1.29 is 17.9 Å². The zero-order valence-electron chi connectivity index (χ0n) is 8.12. The number of sulfonamides is 1. The van der Waals surface area contributed by atoms with Gasteiger partial charge in [0.1, 0.15) is 5.21 Å². The Hall–Kier alpha value is 0.120. The highest BCUT2D eigenvalue weighted by Gasteiger charge is 2.32. The first-order valence-corrected chi connectivity index (χ1v) is 6.38. The molecule has 0 radical (unpaired) electrons. The van der Waals surface area contributed by atoms with Gasteiger partial charge in [0.15, 0.2) is 5.79 Å². The molecule has 14 heavy (non-hydrogen) atoms. The summed E-state index contributed by atoms with van der Waals surface area (Å²) in [6, 6.07) is 0. The smallest absolute Gasteiger partial charge is 0.225 e. The largest absolute Gasteiger partial charge is 0.348 e. The quantitative estimate of drug-likeness (QED) is 0.719. The fourth-order valence-corrected chi connectivity index (χ4v) is 1.87. The lowest BCUT2D eigenvalue weighted by Crippen LogP contribution is -2.34. The molecule has 0 bridgehead atoms. The minimum atomic E-state index is -3.36. The average Bonchev–Trinajstić information content (AvgIpc) is 2.43. The van der Waals surface area contributed by atoms with Crippen LogP contribution < -0.4 is 4.72 Å². The first-order valence-electron chi connectivity index (χ1n) is 4.20. The second-order valence-electron chi connectivity index (χ2n) is 3.52. The van der Waals surface area contributed by atoms with E-state index in [1.165, 1.54) is 0 Å². The molecule has 0 aromatic heterocycles. The molecule has 7 heteroatoms. The third kappa shape index (κ3) is 3.70. The minimum Gasteiger partial charge on any atom is -0.348 e. The molecule has 1 saturated heterocycles. The predicted octanol–water partition coefficient (Wildman–Crippen LogP) is 0.254. The molecular formula is C7H14ClNO4S. The third-order valence-electron chi connectivity index (χ3n) is 1.74. The molecular weight excluding hydrogens is 230 g/mol. The van der Waals surface area contributed by atoms with Crippen molar-refractivity contribution in [2.24, 2.45) is 0 Å². The SMILES string of the molecule is CC1(C)OCC(CNS(=O)(=O)CCl)O1. The van der Waals surface area contributed by atoms with E-state index in [0.29, 0.717) is 6.61 Å². The molecule has 0 spiro atoms. The summed E-state index contributed by atoms with van der Waals surface area (Å²) in [5.41, 5.74) is 0. The second kappa shape index (κ2) is 4.32. The van der Waals surface area contributed by atoms with Gasteiger partial charge in [0.05, 0.1) is 12.7 Å². The number of halogens is 1. The normalized spacial score (nSPS) is 26.6. The molecule has 1 N–H and O–H groups in total. The van der Waals surface area contributed by atoms with Crippen molar-refractivity contribution in [3.63, 3.8) is 0 Å². The lowest BCUT2D eigenvalue weighted by Gasteiger charge is -2.17. The van der Waals surface area contributed by atoms with Crippen LogP contribution in [0.2, 0.25) is 0 Å². The van der Waals surface area contributed by atoms with Gasteiger partial charge in [-0.05, 0) is 13.8 Å². The Labute approximate surface area is 88.8 Å². The number of alkyl halides is 1. The minimum absolute atomic E-state index is 0.193. The monoisotopic (exact) mass is 243 g/mol. The van der Waals surface area contributed by atoms with Gasteiger partial charge >= 0.3 is 0 Å². The van der Waals surface area contributed by atoms with Crippen LogP contribution >= 0.6 is 11.6 Å². The van der Waals surface area contributed by atoms with Crippen LogP contribution in [0.3, 0.4) is 0 Å². The molecule has 1 fully saturated rings. The summed E-state index contributed by atoms with van der Waals surface area (Å²) in [5.74, 6) is -0.628. The molecule has 0 aromatic carbocycles. The average molecular weight is 244 g/mol. The fraction of sp³-hybridized carbons (Fsp3) is 1.00. The standard InChI is InChI=1S/C7H14ClNO4S/c1-7(2)12-4-6(13-7)3-9-14(10,11)5-8/h6,9H,3-5H2,1-2H3. The van der Waals surface area contributed by atoms with Crippen molar-refractivity contribution in [3.8, 4) is 0 Å². The highest BCUT2D eigenvalue weighted by Crippen LogP contribution is 2.21. The van der Waals surface area contributed by atoms with Crippen molar-refractivity contribution in [1.29, 1.82) is 0 Å². The van der Waals surface area contributed by atoms with Gasteiger partial charge in [0.2, 0.25) is 10.0 Å². The van der Waals surface area contributed by atoms with Gasteiger partial charge < -0.3 is 9.47 Å². The number of ether oxygens (including phenoxy) is 2. The third-order valence-corrected chi connectivity index (χ3v) is 3.50. The Morgan fingerprint density at radius 2 is 2.21 bits per heavy atom. The topological polar surface area (TPSA) is 64.6 Å². The molecule has 5 nitrogen and oxygen atoms in total. The molecule has 0 aliphatic carbocycles. The van der Waals surface area contributed by atoms with Crippen LogP contribution in [-0.2, 0) is 19.5 Å². The molecule has 0 saturated carbocycles. The highest BCUT2D eigenvalue weighted by atomic mass is 35.5.